The first kappa shape index (κ1) is 22.9. The Hall–Kier alpha value is -3.26. The van der Waals surface area contributed by atoms with Crippen molar-refractivity contribution in [1.82, 2.24) is 9.88 Å². The van der Waals surface area contributed by atoms with E-state index in [0.717, 1.165) is 19.4 Å². The zero-order chi connectivity index (χ0) is 22.1. The molecule has 8 heteroatoms. The third-order valence-electron chi connectivity index (χ3n) is 5.63. The molecule has 0 saturated carbocycles. The van der Waals surface area contributed by atoms with Gasteiger partial charge in [0.2, 0.25) is 5.91 Å². The molecule has 1 atom stereocenters. The molecule has 2 aromatic heterocycles. The molecule has 168 valence electrons. The van der Waals surface area contributed by atoms with Crippen molar-refractivity contribution in [2.24, 2.45) is 0 Å². The molecule has 1 saturated heterocycles. The summed E-state index contributed by atoms with van der Waals surface area (Å²) in [5.41, 5.74) is 1.45. The molecule has 0 radical (unpaired) electrons. The Morgan fingerprint density at radius 3 is 2.33 bits per heavy atom. The van der Waals surface area contributed by atoms with Gasteiger partial charge in [0, 0.05) is 17.0 Å². The first-order valence-corrected chi connectivity index (χ1v) is 11.3. The molecule has 0 aliphatic carbocycles. The van der Waals surface area contributed by atoms with E-state index in [1.54, 1.807) is 22.8 Å². The zero-order valence-electron chi connectivity index (χ0n) is 17.6. The molecule has 1 aliphatic rings. The fraction of sp³-hybridized carbons (Fsp3) is 0.160. The van der Waals surface area contributed by atoms with E-state index in [2.05, 4.69) is 10.6 Å². The van der Waals surface area contributed by atoms with Crippen molar-refractivity contribution in [2.45, 2.75) is 18.9 Å². The molecule has 1 amide bonds. The van der Waals surface area contributed by atoms with Gasteiger partial charge >= 0.3 is 0 Å². The third-order valence-corrected chi connectivity index (χ3v) is 6.74. The predicted octanol–water partition coefficient (Wildman–Crippen LogP) is 4.40. The number of halogens is 1. The van der Waals surface area contributed by atoms with Crippen LogP contribution in [0.3, 0.4) is 0 Å². The Kier molecular flexibility index (Phi) is 6.74. The van der Waals surface area contributed by atoms with Gasteiger partial charge in [-0.2, -0.15) is 0 Å². The third kappa shape index (κ3) is 4.35. The first-order chi connectivity index (χ1) is 15.6. The van der Waals surface area contributed by atoms with Crippen molar-refractivity contribution in [1.29, 1.82) is 0 Å². The number of nitrogens with one attached hydrogen (secondary N) is 2. The number of thiophene rings is 1. The summed E-state index contributed by atoms with van der Waals surface area (Å²) in [6, 6.07) is 21.1. The van der Waals surface area contributed by atoms with Gasteiger partial charge in [0.25, 0.3) is 5.56 Å². The SMILES string of the molecule is Cl.O=C(c1ccccc1)c1c(NC(=O)[C@H]2CCCN2)sc2c1ccc(=O)n2-c1ccccc1. The van der Waals surface area contributed by atoms with Gasteiger partial charge < -0.3 is 10.6 Å². The fourth-order valence-electron chi connectivity index (χ4n) is 4.06. The number of aromatic nitrogens is 1. The van der Waals surface area contributed by atoms with E-state index in [4.69, 9.17) is 0 Å². The molecule has 2 N–H and O–H groups in total. The van der Waals surface area contributed by atoms with Gasteiger partial charge in [0.05, 0.1) is 17.3 Å². The number of pyridine rings is 1. The second-order valence-corrected chi connectivity index (χ2v) is 8.70. The summed E-state index contributed by atoms with van der Waals surface area (Å²) < 4.78 is 1.59. The van der Waals surface area contributed by atoms with Crippen molar-refractivity contribution in [2.75, 3.05) is 11.9 Å². The number of carbonyl (C=O) groups is 2. The van der Waals surface area contributed by atoms with Crippen LogP contribution in [0.2, 0.25) is 0 Å². The van der Waals surface area contributed by atoms with Crippen molar-refractivity contribution >= 4 is 50.7 Å². The number of hydrogen-bond acceptors (Lipinski definition) is 5. The molecule has 0 bridgehead atoms. The number of fused-ring (bicyclic) bond motifs is 1. The number of para-hydroxylation sites is 1. The van der Waals surface area contributed by atoms with E-state index in [-0.39, 0.29) is 35.7 Å². The van der Waals surface area contributed by atoms with Crippen LogP contribution in [0.4, 0.5) is 5.00 Å². The number of anilines is 1. The predicted molar refractivity (Wildman–Crippen MR) is 134 cm³/mol. The molecule has 3 heterocycles. The summed E-state index contributed by atoms with van der Waals surface area (Å²) in [5, 5.41) is 7.26. The number of nitrogens with zero attached hydrogens (tertiary/aromatic N) is 1. The quantitative estimate of drug-likeness (QED) is 0.416. The van der Waals surface area contributed by atoms with Gasteiger partial charge in [0.1, 0.15) is 9.83 Å². The molecular weight excluding hydrogens is 458 g/mol. The summed E-state index contributed by atoms with van der Waals surface area (Å²) in [7, 11) is 0. The largest absolute Gasteiger partial charge is 0.316 e. The van der Waals surface area contributed by atoms with E-state index < -0.39 is 0 Å². The lowest BCUT2D eigenvalue weighted by atomic mass is 10.0. The Labute approximate surface area is 200 Å². The first-order valence-electron chi connectivity index (χ1n) is 10.5. The average Bonchev–Trinajstić information content (AvgIpc) is 3.48. The molecule has 0 unspecified atom stereocenters. The van der Waals surface area contributed by atoms with Gasteiger partial charge in [0.15, 0.2) is 5.78 Å². The van der Waals surface area contributed by atoms with Crippen LogP contribution in [0.25, 0.3) is 15.9 Å². The van der Waals surface area contributed by atoms with E-state index in [9.17, 15) is 14.4 Å². The number of ketones is 1. The van der Waals surface area contributed by atoms with Gasteiger partial charge in [-0.25, -0.2) is 0 Å². The lowest BCUT2D eigenvalue weighted by molar-refractivity contribution is -0.117. The molecular formula is C25H22ClN3O3S. The van der Waals surface area contributed by atoms with Gasteiger partial charge in [-0.15, -0.1) is 12.4 Å². The molecule has 6 nitrogen and oxygen atoms in total. The maximum absolute atomic E-state index is 13.5. The Balaban J connectivity index is 0.00000259. The lowest BCUT2D eigenvalue weighted by Crippen LogP contribution is -2.35. The average molecular weight is 480 g/mol. The van der Waals surface area contributed by atoms with Gasteiger partial charge in [-0.1, -0.05) is 59.9 Å². The topological polar surface area (TPSA) is 80.2 Å². The summed E-state index contributed by atoms with van der Waals surface area (Å²) in [5.74, 6) is -0.352. The van der Waals surface area contributed by atoms with Crippen LogP contribution < -0.4 is 16.2 Å². The van der Waals surface area contributed by atoms with E-state index in [0.29, 0.717) is 32.0 Å². The van der Waals surface area contributed by atoms with Crippen LogP contribution in [0.5, 0.6) is 0 Å². The number of hydrogen-bond donors (Lipinski definition) is 2. The number of amides is 1. The number of carbonyl (C=O) groups excluding carboxylic acids is 2. The van der Waals surface area contributed by atoms with Gasteiger partial charge in [-0.3, -0.25) is 19.0 Å². The normalized spacial score (nSPS) is 15.2. The van der Waals surface area contributed by atoms with Crippen LogP contribution in [0.15, 0.2) is 77.6 Å². The minimum absolute atomic E-state index is 0. The Morgan fingerprint density at radius 2 is 1.67 bits per heavy atom. The molecule has 4 aromatic rings. The van der Waals surface area contributed by atoms with Crippen molar-refractivity contribution in [3.8, 4) is 5.69 Å². The van der Waals surface area contributed by atoms with Crippen molar-refractivity contribution in [3.63, 3.8) is 0 Å². The second-order valence-electron chi connectivity index (χ2n) is 7.70. The molecule has 0 spiro atoms. The van der Waals surface area contributed by atoms with Gasteiger partial charge in [-0.05, 0) is 37.6 Å². The minimum atomic E-state index is -0.281. The van der Waals surface area contributed by atoms with Crippen LogP contribution in [-0.4, -0.2) is 28.8 Å². The van der Waals surface area contributed by atoms with E-state index >= 15 is 0 Å². The van der Waals surface area contributed by atoms with Crippen LogP contribution in [0, 0.1) is 0 Å². The highest BCUT2D eigenvalue weighted by Gasteiger charge is 2.27. The Morgan fingerprint density at radius 1 is 0.970 bits per heavy atom. The highest BCUT2D eigenvalue weighted by atomic mass is 35.5. The zero-order valence-corrected chi connectivity index (χ0v) is 19.2. The van der Waals surface area contributed by atoms with Crippen LogP contribution >= 0.6 is 23.7 Å². The minimum Gasteiger partial charge on any atom is -0.316 e. The monoisotopic (exact) mass is 479 g/mol. The van der Waals surface area contributed by atoms with E-state index in [1.165, 1.54) is 17.4 Å². The molecule has 1 aliphatic heterocycles. The highest BCUT2D eigenvalue weighted by Crippen LogP contribution is 2.37. The molecule has 1 fully saturated rings. The number of rotatable bonds is 5. The molecule has 2 aromatic carbocycles. The smallest absolute Gasteiger partial charge is 0.256 e. The molecule has 5 rings (SSSR count). The lowest BCUT2D eigenvalue weighted by Gasteiger charge is -2.11. The maximum Gasteiger partial charge on any atom is 0.256 e. The maximum atomic E-state index is 13.5. The summed E-state index contributed by atoms with van der Waals surface area (Å²) in [4.78, 5) is 39.8. The summed E-state index contributed by atoms with van der Waals surface area (Å²) in [6.45, 7) is 0.799. The van der Waals surface area contributed by atoms with Crippen LogP contribution in [0.1, 0.15) is 28.8 Å². The van der Waals surface area contributed by atoms with Crippen molar-refractivity contribution < 1.29 is 9.59 Å². The van der Waals surface area contributed by atoms with E-state index in [1.807, 2.05) is 48.5 Å². The number of benzene rings is 2. The van der Waals surface area contributed by atoms with Crippen LogP contribution in [-0.2, 0) is 4.79 Å². The standard InChI is InChI=1S/C25H21N3O3S.ClH/c29-20-14-13-18-21(22(30)16-8-3-1-4-9-16)24(27-23(31)19-12-7-15-26-19)32-25(18)28(20)17-10-5-2-6-11-17;/h1-6,8-11,13-14,19,26H,7,12,15H2,(H,27,31);1H/t19-;/m1./s1. The summed E-state index contributed by atoms with van der Waals surface area (Å²) in [6.07, 6.45) is 1.70. The Bertz CT molecular complexity index is 1360. The summed E-state index contributed by atoms with van der Waals surface area (Å²) >= 11 is 1.25. The van der Waals surface area contributed by atoms with Crippen molar-refractivity contribution in [3.05, 3.63) is 94.3 Å². The molecule has 33 heavy (non-hydrogen) atoms. The highest BCUT2D eigenvalue weighted by molar-refractivity contribution is 7.23. The fourth-order valence-corrected chi connectivity index (χ4v) is 5.27. The second kappa shape index (κ2) is 9.70.